The van der Waals surface area contributed by atoms with Crippen molar-refractivity contribution >= 4 is 22.4 Å². The van der Waals surface area contributed by atoms with Crippen LogP contribution in [0.25, 0.3) is 0 Å². The molecule has 0 spiro atoms. The van der Waals surface area contributed by atoms with Gasteiger partial charge in [-0.15, -0.1) is 10.2 Å². The summed E-state index contributed by atoms with van der Waals surface area (Å²) in [5, 5.41) is 17.0. The van der Waals surface area contributed by atoms with Gasteiger partial charge in [0.2, 0.25) is 5.13 Å². The van der Waals surface area contributed by atoms with E-state index in [1.54, 1.807) is 4.68 Å². The van der Waals surface area contributed by atoms with Crippen LogP contribution in [0.15, 0.2) is 36.4 Å². The number of amides is 1. The quantitative estimate of drug-likeness (QED) is 0.763. The molecule has 6 nitrogen and oxygen atoms in total. The van der Waals surface area contributed by atoms with E-state index in [2.05, 4.69) is 32.7 Å². The van der Waals surface area contributed by atoms with E-state index in [9.17, 15) is 4.79 Å². The molecular weight excluding hydrogens is 334 g/mol. The Morgan fingerprint density at radius 2 is 2.08 bits per heavy atom. The second-order valence-corrected chi connectivity index (χ2v) is 7.34. The maximum Gasteiger partial charge on any atom is 0.277 e. The first-order valence-electron chi connectivity index (χ1n) is 8.40. The third-order valence-electron chi connectivity index (χ3n) is 4.55. The fraction of sp³-hybridized carbons (Fsp3) is 0.333. The Balaban J connectivity index is 1.45. The lowest BCUT2D eigenvalue weighted by Gasteiger charge is -2.21. The fourth-order valence-electron chi connectivity index (χ4n) is 2.85. The molecule has 0 bridgehead atoms. The van der Waals surface area contributed by atoms with Crippen LogP contribution in [0, 0.1) is 0 Å². The van der Waals surface area contributed by atoms with E-state index in [0.717, 1.165) is 17.1 Å². The predicted octanol–water partition coefficient (Wildman–Crippen LogP) is 3.38. The highest BCUT2D eigenvalue weighted by Gasteiger charge is 2.24. The molecule has 1 fully saturated rings. The third-order valence-corrected chi connectivity index (χ3v) is 5.55. The Morgan fingerprint density at radius 1 is 1.28 bits per heavy atom. The van der Waals surface area contributed by atoms with Crippen LogP contribution >= 0.6 is 11.3 Å². The first-order valence-corrected chi connectivity index (χ1v) is 9.22. The molecule has 0 saturated heterocycles. The number of rotatable bonds is 5. The van der Waals surface area contributed by atoms with Crippen molar-refractivity contribution in [2.24, 2.45) is 7.05 Å². The molecule has 0 radical (unpaired) electrons. The number of anilines is 1. The summed E-state index contributed by atoms with van der Waals surface area (Å²) in [6.45, 7) is 0. The monoisotopic (exact) mass is 353 g/mol. The van der Waals surface area contributed by atoms with Gasteiger partial charge in [-0.1, -0.05) is 48.1 Å². The molecule has 1 aromatic carbocycles. The third kappa shape index (κ3) is 3.46. The van der Waals surface area contributed by atoms with Gasteiger partial charge in [-0.25, -0.2) is 0 Å². The zero-order valence-electron chi connectivity index (χ0n) is 14.0. The van der Waals surface area contributed by atoms with Crippen LogP contribution in [0.4, 0.5) is 5.13 Å². The van der Waals surface area contributed by atoms with E-state index in [1.807, 2.05) is 31.3 Å². The van der Waals surface area contributed by atoms with Gasteiger partial charge in [-0.05, 0) is 24.5 Å². The number of hydrogen-bond acceptors (Lipinski definition) is 5. The summed E-state index contributed by atoms with van der Waals surface area (Å²) in [6, 6.07) is 12.0. The number of aromatic nitrogens is 4. The highest BCUT2D eigenvalue weighted by atomic mass is 32.1. The molecule has 1 amide bonds. The summed E-state index contributed by atoms with van der Waals surface area (Å²) in [5.41, 5.74) is 2.57. The molecule has 2 aromatic heterocycles. The number of carbonyl (C=O) groups excluding carboxylic acids is 1. The van der Waals surface area contributed by atoms with Crippen molar-refractivity contribution in [2.75, 3.05) is 5.32 Å². The Bertz CT molecular complexity index is 882. The van der Waals surface area contributed by atoms with Crippen LogP contribution in [0.1, 0.15) is 51.9 Å². The zero-order valence-corrected chi connectivity index (χ0v) is 14.8. The molecule has 128 valence electrons. The van der Waals surface area contributed by atoms with Gasteiger partial charge >= 0.3 is 0 Å². The molecule has 2 heterocycles. The SMILES string of the molecule is Cn1nc(C(=O)Nc2nnc(C3CCC3)s2)cc1Cc1ccccc1. The first kappa shape index (κ1) is 16.0. The van der Waals surface area contributed by atoms with Crippen molar-refractivity contribution in [1.29, 1.82) is 0 Å². The molecular formula is C18H19N5OS. The number of nitrogens with zero attached hydrogens (tertiary/aromatic N) is 4. The zero-order chi connectivity index (χ0) is 17.2. The van der Waals surface area contributed by atoms with Gasteiger partial charge in [-0.3, -0.25) is 14.8 Å². The number of nitrogens with one attached hydrogen (secondary N) is 1. The van der Waals surface area contributed by atoms with Gasteiger partial charge in [0.15, 0.2) is 5.69 Å². The smallest absolute Gasteiger partial charge is 0.277 e. The summed E-state index contributed by atoms with van der Waals surface area (Å²) in [7, 11) is 1.86. The van der Waals surface area contributed by atoms with Crippen molar-refractivity contribution in [1.82, 2.24) is 20.0 Å². The molecule has 0 unspecified atom stereocenters. The lowest BCUT2D eigenvalue weighted by Crippen LogP contribution is -2.12. The number of benzene rings is 1. The molecule has 0 aliphatic heterocycles. The van der Waals surface area contributed by atoms with E-state index >= 15 is 0 Å². The average molecular weight is 353 g/mol. The fourth-order valence-corrected chi connectivity index (χ4v) is 3.76. The molecule has 4 rings (SSSR count). The number of carbonyl (C=O) groups is 1. The minimum absolute atomic E-state index is 0.244. The van der Waals surface area contributed by atoms with Crippen molar-refractivity contribution in [3.8, 4) is 0 Å². The predicted molar refractivity (Wildman–Crippen MR) is 96.9 cm³/mol. The van der Waals surface area contributed by atoms with Crippen LogP contribution < -0.4 is 5.32 Å². The van der Waals surface area contributed by atoms with Gasteiger partial charge in [0.25, 0.3) is 5.91 Å². The van der Waals surface area contributed by atoms with E-state index in [4.69, 9.17) is 0 Å². The molecule has 1 saturated carbocycles. The van der Waals surface area contributed by atoms with Gasteiger partial charge in [0.05, 0.1) is 0 Å². The van der Waals surface area contributed by atoms with E-state index in [-0.39, 0.29) is 5.91 Å². The van der Waals surface area contributed by atoms with Crippen molar-refractivity contribution in [2.45, 2.75) is 31.6 Å². The minimum atomic E-state index is -0.244. The lowest BCUT2D eigenvalue weighted by atomic mass is 9.86. The summed E-state index contributed by atoms with van der Waals surface area (Å²) in [5.74, 6) is 0.279. The van der Waals surface area contributed by atoms with Gasteiger partial charge in [-0.2, -0.15) is 5.10 Å². The Hall–Kier alpha value is -2.54. The normalized spacial score (nSPS) is 14.3. The molecule has 1 aliphatic rings. The van der Waals surface area contributed by atoms with Crippen LogP contribution in [-0.4, -0.2) is 25.9 Å². The van der Waals surface area contributed by atoms with Gasteiger partial charge < -0.3 is 0 Å². The maximum absolute atomic E-state index is 12.4. The Kier molecular flexibility index (Phi) is 4.31. The average Bonchev–Trinajstić information content (AvgIpc) is 3.14. The molecule has 0 atom stereocenters. The molecule has 1 aliphatic carbocycles. The van der Waals surface area contributed by atoms with Crippen LogP contribution in [0.3, 0.4) is 0 Å². The van der Waals surface area contributed by atoms with Crippen molar-refractivity contribution in [3.63, 3.8) is 0 Å². The Labute approximate surface area is 149 Å². The summed E-state index contributed by atoms with van der Waals surface area (Å²) >= 11 is 1.46. The highest BCUT2D eigenvalue weighted by molar-refractivity contribution is 7.15. The van der Waals surface area contributed by atoms with E-state index in [0.29, 0.717) is 16.7 Å². The second kappa shape index (κ2) is 6.76. The molecule has 3 aromatic rings. The number of aryl methyl sites for hydroxylation is 1. The largest absolute Gasteiger partial charge is 0.295 e. The van der Waals surface area contributed by atoms with Crippen LogP contribution in [-0.2, 0) is 13.5 Å². The summed E-state index contributed by atoms with van der Waals surface area (Å²) in [6.07, 6.45) is 4.34. The lowest BCUT2D eigenvalue weighted by molar-refractivity contribution is 0.102. The second-order valence-electron chi connectivity index (χ2n) is 6.33. The minimum Gasteiger partial charge on any atom is -0.295 e. The topological polar surface area (TPSA) is 72.7 Å². The maximum atomic E-state index is 12.4. The van der Waals surface area contributed by atoms with Crippen LogP contribution in [0.5, 0.6) is 0 Å². The molecule has 7 heteroatoms. The highest BCUT2D eigenvalue weighted by Crippen LogP contribution is 2.38. The van der Waals surface area contributed by atoms with Gasteiger partial charge in [0, 0.05) is 25.1 Å². The van der Waals surface area contributed by atoms with Gasteiger partial charge in [0.1, 0.15) is 5.01 Å². The Morgan fingerprint density at radius 3 is 2.80 bits per heavy atom. The summed E-state index contributed by atoms with van der Waals surface area (Å²) in [4.78, 5) is 12.4. The molecule has 1 N–H and O–H groups in total. The van der Waals surface area contributed by atoms with Crippen molar-refractivity contribution in [3.05, 3.63) is 58.4 Å². The van der Waals surface area contributed by atoms with Crippen molar-refractivity contribution < 1.29 is 4.79 Å². The summed E-state index contributed by atoms with van der Waals surface area (Å²) < 4.78 is 1.75. The van der Waals surface area contributed by atoms with E-state index < -0.39 is 0 Å². The first-order chi connectivity index (χ1) is 12.2. The van der Waals surface area contributed by atoms with E-state index in [1.165, 1.54) is 36.2 Å². The number of hydrogen-bond donors (Lipinski definition) is 1. The van der Waals surface area contributed by atoms with Crippen LogP contribution in [0.2, 0.25) is 0 Å². The molecule has 25 heavy (non-hydrogen) atoms. The standard InChI is InChI=1S/C18H19N5OS/c1-23-14(10-12-6-3-2-4-7-12)11-15(22-23)16(24)19-18-21-20-17(25-18)13-8-5-9-13/h2-4,6-7,11,13H,5,8-10H2,1H3,(H,19,21,24).